The van der Waals surface area contributed by atoms with Crippen molar-refractivity contribution in [3.63, 3.8) is 0 Å². The average Bonchev–Trinajstić information content (AvgIpc) is 2.38. The second-order valence-electron chi connectivity index (χ2n) is 4.93. The molecule has 1 heterocycles. The fraction of sp³-hybridized carbons (Fsp3) is 0.714. The molecule has 0 amide bonds. The summed E-state index contributed by atoms with van der Waals surface area (Å²) in [5, 5.41) is 0.516. The van der Waals surface area contributed by atoms with Crippen LogP contribution in [0.4, 0.5) is 0 Å². The van der Waals surface area contributed by atoms with E-state index >= 15 is 0 Å². The largest absolute Gasteiger partial charge is 0.467 e. The summed E-state index contributed by atoms with van der Waals surface area (Å²) >= 11 is 6.25. The van der Waals surface area contributed by atoms with E-state index in [1.807, 2.05) is 6.20 Å². The number of nitrogens with zero attached hydrogens (tertiary/aromatic N) is 2. The first kappa shape index (κ1) is 15.2. The van der Waals surface area contributed by atoms with Crippen LogP contribution in [0, 0.1) is 0 Å². The molecule has 0 saturated heterocycles. The number of ether oxygens (including phenoxy) is 1. The topological polar surface area (TPSA) is 35.0 Å². The van der Waals surface area contributed by atoms with Gasteiger partial charge in [0.05, 0.1) is 7.11 Å². The van der Waals surface area contributed by atoms with Crippen molar-refractivity contribution in [1.82, 2.24) is 9.97 Å². The summed E-state index contributed by atoms with van der Waals surface area (Å²) < 4.78 is 4.99. The van der Waals surface area contributed by atoms with Crippen molar-refractivity contribution in [2.75, 3.05) is 7.11 Å². The van der Waals surface area contributed by atoms with E-state index in [-0.39, 0.29) is 5.41 Å². The molecule has 0 radical (unpaired) electrons. The molecule has 0 aliphatic rings. The summed E-state index contributed by atoms with van der Waals surface area (Å²) in [6.07, 6.45) is 7.66. The molecule has 1 aromatic rings. The van der Waals surface area contributed by atoms with Gasteiger partial charge in [0.25, 0.3) is 0 Å². The second-order valence-corrected chi connectivity index (χ2v) is 5.29. The van der Waals surface area contributed by atoms with Crippen molar-refractivity contribution in [2.24, 2.45) is 0 Å². The third kappa shape index (κ3) is 3.58. The molecule has 1 atom stereocenters. The Balaban J connectivity index is 2.92. The molecule has 1 aromatic heterocycles. The van der Waals surface area contributed by atoms with E-state index in [1.54, 1.807) is 7.11 Å². The lowest BCUT2D eigenvalue weighted by Gasteiger charge is -2.29. The van der Waals surface area contributed by atoms with E-state index in [0.29, 0.717) is 11.2 Å². The van der Waals surface area contributed by atoms with Gasteiger partial charge in [-0.05, 0) is 18.3 Å². The minimum Gasteiger partial charge on any atom is -0.467 e. The second kappa shape index (κ2) is 6.93. The van der Waals surface area contributed by atoms with Gasteiger partial charge in [0.1, 0.15) is 5.15 Å². The first-order chi connectivity index (χ1) is 8.57. The lowest BCUT2D eigenvalue weighted by Crippen LogP contribution is -2.22. The van der Waals surface area contributed by atoms with Crippen LogP contribution in [0.2, 0.25) is 5.15 Å². The van der Waals surface area contributed by atoms with E-state index in [0.717, 1.165) is 18.4 Å². The van der Waals surface area contributed by atoms with Crippen molar-refractivity contribution >= 4 is 11.6 Å². The summed E-state index contributed by atoms with van der Waals surface area (Å²) in [4.78, 5) is 8.35. The first-order valence-electron chi connectivity index (χ1n) is 6.64. The zero-order valence-electron chi connectivity index (χ0n) is 11.8. The maximum atomic E-state index is 6.25. The van der Waals surface area contributed by atoms with Gasteiger partial charge in [-0.2, -0.15) is 4.98 Å². The van der Waals surface area contributed by atoms with Gasteiger partial charge in [0, 0.05) is 11.8 Å². The number of unbranched alkanes of at least 4 members (excludes halogenated alkanes) is 2. The summed E-state index contributed by atoms with van der Waals surface area (Å²) in [7, 11) is 1.55. The van der Waals surface area contributed by atoms with E-state index in [1.165, 1.54) is 19.3 Å². The van der Waals surface area contributed by atoms with Crippen molar-refractivity contribution in [3.05, 3.63) is 16.9 Å². The number of hydrogen-bond donors (Lipinski definition) is 0. The molecule has 4 heteroatoms. The Kier molecular flexibility index (Phi) is 5.86. The van der Waals surface area contributed by atoms with Crippen molar-refractivity contribution in [2.45, 2.75) is 58.3 Å². The van der Waals surface area contributed by atoms with Gasteiger partial charge in [0.15, 0.2) is 0 Å². The molecular weight excluding hydrogens is 248 g/mol. The van der Waals surface area contributed by atoms with Crippen molar-refractivity contribution in [1.29, 1.82) is 0 Å². The highest BCUT2D eigenvalue weighted by atomic mass is 35.5. The zero-order valence-corrected chi connectivity index (χ0v) is 12.5. The third-order valence-corrected chi connectivity index (χ3v) is 3.95. The standard InChI is InChI=1S/C14H23ClN2O/c1-5-7-8-9-14(3,6-2)11-10-16-13(18-4)17-12(11)15/h10H,5-9H2,1-4H3. The highest BCUT2D eigenvalue weighted by molar-refractivity contribution is 6.30. The van der Waals surface area contributed by atoms with Crippen molar-refractivity contribution in [3.8, 4) is 6.01 Å². The lowest BCUT2D eigenvalue weighted by molar-refractivity contribution is 0.370. The SMILES string of the molecule is CCCCCC(C)(CC)c1cnc(OC)nc1Cl. The molecular formula is C14H23ClN2O. The van der Waals surface area contributed by atoms with Crippen LogP contribution in [0.3, 0.4) is 0 Å². The lowest BCUT2D eigenvalue weighted by atomic mass is 9.77. The van der Waals surface area contributed by atoms with Gasteiger partial charge in [0.2, 0.25) is 0 Å². The Labute approximate surface area is 115 Å². The molecule has 102 valence electrons. The predicted octanol–water partition coefficient (Wildman–Crippen LogP) is 4.39. The number of aromatic nitrogens is 2. The maximum Gasteiger partial charge on any atom is 0.317 e. The van der Waals surface area contributed by atoms with Crippen LogP contribution in [-0.2, 0) is 5.41 Å². The van der Waals surface area contributed by atoms with Crippen LogP contribution in [0.15, 0.2) is 6.20 Å². The van der Waals surface area contributed by atoms with Gasteiger partial charge in [-0.15, -0.1) is 0 Å². The van der Waals surface area contributed by atoms with Gasteiger partial charge in [-0.25, -0.2) is 4.98 Å². The monoisotopic (exact) mass is 270 g/mol. The molecule has 3 nitrogen and oxygen atoms in total. The van der Waals surface area contributed by atoms with Gasteiger partial charge in [-0.1, -0.05) is 51.6 Å². The van der Waals surface area contributed by atoms with E-state index in [2.05, 4.69) is 30.7 Å². The molecule has 0 saturated carbocycles. The van der Waals surface area contributed by atoms with Crippen LogP contribution < -0.4 is 4.74 Å². The predicted molar refractivity (Wildman–Crippen MR) is 75.4 cm³/mol. The van der Waals surface area contributed by atoms with E-state index in [9.17, 15) is 0 Å². The maximum absolute atomic E-state index is 6.25. The molecule has 0 bridgehead atoms. The molecule has 0 aromatic carbocycles. The highest BCUT2D eigenvalue weighted by Crippen LogP contribution is 2.36. The number of hydrogen-bond acceptors (Lipinski definition) is 3. The Hall–Kier alpha value is -0.830. The number of rotatable bonds is 7. The number of methoxy groups -OCH3 is 1. The molecule has 0 N–H and O–H groups in total. The minimum absolute atomic E-state index is 0.0541. The van der Waals surface area contributed by atoms with Crippen LogP contribution in [0.5, 0.6) is 6.01 Å². The fourth-order valence-electron chi connectivity index (χ4n) is 2.12. The van der Waals surface area contributed by atoms with E-state index < -0.39 is 0 Å². The Morgan fingerprint density at radius 3 is 2.56 bits per heavy atom. The minimum atomic E-state index is 0.0541. The fourth-order valence-corrected chi connectivity index (χ4v) is 2.47. The normalized spacial score (nSPS) is 14.3. The van der Waals surface area contributed by atoms with Crippen LogP contribution in [0.25, 0.3) is 0 Å². The molecule has 0 aliphatic heterocycles. The van der Waals surface area contributed by atoms with Crippen LogP contribution in [0.1, 0.15) is 58.4 Å². The molecule has 1 rings (SSSR count). The zero-order chi connectivity index (χ0) is 13.6. The molecule has 0 spiro atoms. The Morgan fingerprint density at radius 2 is 2.06 bits per heavy atom. The molecule has 1 unspecified atom stereocenters. The summed E-state index contributed by atoms with van der Waals surface area (Å²) in [5.74, 6) is 0. The van der Waals surface area contributed by atoms with Crippen LogP contribution in [-0.4, -0.2) is 17.1 Å². The third-order valence-electron chi connectivity index (χ3n) is 3.67. The molecule has 0 fully saturated rings. The first-order valence-corrected chi connectivity index (χ1v) is 7.02. The van der Waals surface area contributed by atoms with Crippen molar-refractivity contribution < 1.29 is 4.74 Å². The highest BCUT2D eigenvalue weighted by Gasteiger charge is 2.27. The van der Waals surface area contributed by atoms with Gasteiger partial charge < -0.3 is 4.74 Å². The van der Waals surface area contributed by atoms with Crippen LogP contribution >= 0.6 is 11.6 Å². The summed E-state index contributed by atoms with van der Waals surface area (Å²) in [5.41, 5.74) is 1.09. The smallest absolute Gasteiger partial charge is 0.317 e. The summed E-state index contributed by atoms with van der Waals surface area (Å²) in [6.45, 7) is 6.64. The average molecular weight is 271 g/mol. The molecule has 18 heavy (non-hydrogen) atoms. The summed E-state index contributed by atoms with van der Waals surface area (Å²) in [6, 6.07) is 0.329. The number of halogens is 1. The van der Waals surface area contributed by atoms with E-state index in [4.69, 9.17) is 16.3 Å². The Morgan fingerprint density at radius 1 is 1.33 bits per heavy atom. The van der Waals surface area contributed by atoms with Gasteiger partial charge in [-0.3, -0.25) is 0 Å². The Bertz CT molecular complexity index is 384. The van der Waals surface area contributed by atoms with Gasteiger partial charge >= 0.3 is 6.01 Å². The quantitative estimate of drug-likeness (QED) is 0.545. The molecule has 0 aliphatic carbocycles.